The molecule has 35 heavy (non-hydrogen) atoms. The summed E-state index contributed by atoms with van der Waals surface area (Å²) in [6.07, 6.45) is 0. The van der Waals surface area contributed by atoms with E-state index in [1.54, 1.807) is 0 Å². The summed E-state index contributed by atoms with van der Waals surface area (Å²) in [5.41, 5.74) is 5.79. The molecule has 0 saturated heterocycles. The van der Waals surface area contributed by atoms with E-state index >= 15 is 0 Å². The first-order valence-corrected chi connectivity index (χ1v) is 15.0. The van der Waals surface area contributed by atoms with E-state index < -0.39 is 6.95 Å². The lowest BCUT2D eigenvalue weighted by molar-refractivity contribution is 0.383. The van der Waals surface area contributed by atoms with Gasteiger partial charge in [0, 0.05) is 39.4 Å². The molecule has 0 N–H and O–H groups in total. The Bertz CT molecular complexity index is 1100. The van der Waals surface area contributed by atoms with Gasteiger partial charge < -0.3 is 9.05 Å². The van der Waals surface area contributed by atoms with Crippen LogP contribution in [0, 0.1) is 0 Å². The van der Waals surface area contributed by atoms with E-state index in [2.05, 4.69) is 114 Å². The molecule has 0 amide bonds. The van der Waals surface area contributed by atoms with Crippen LogP contribution in [0.5, 0.6) is 11.5 Å². The average Bonchev–Trinajstić information content (AvgIpc) is 2.62. The van der Waals surface area contributed by atoms with Gasteiger partial charge in [-0.1, -0.05) is 114 Å². The molecule has 0 unspecified atom stereocenters. The molecule has 2 aromatic rings. The third-order valence-electron chi connectivity index (χ3n) is 6.92. The van der Waals surface area contributed by atoms with Crippen LogP contribution in [-0.2, 0) is 26.2 Å². The van der Waals surface area contributed by atoms with Crippen LogP contribution < -0.4 is 9.05 Å². The molecule has 0 fully saturated rings. The minimum Gasteiger partial charge on any atom is -0.404 e. The van der Waals surface area contributed by atoms with Crippen molar-refractivity contribution in [3.8, 4) is 11.5 Å². The van der Waals surface area contributed by atoms with E-state index in [9.17, 15) is 4.57 Å². The first kappa shape index (κ1) is 28.1. The molecule has 5 heteroatoms. The second-order valence-electron chi connectivity index (χ2n) is 14.2. The highest BCUT2D eigenvalue weighted by Gasteiger charge is 2.39. The smallest absolute Gasteiger partial charge is 0.404 e. The zero-order valence-electron chi connectivity index (χ0n) is 23.9. The van der Waals surface area contributed by atoms with E-state index in [0.29, 0.717) is 11.5 Å². The summed E-state index contributed by atoms with van der Waals surface area (Å²) in [7, 11) is 0. The topological polar surface area (TPSA) is 35.5 Å². The molecule has 3 rings (SSSR count). The van der Waals surface area contributed by atoms with Gasteiger partial charge in [0.1, 0.15) is 11.5 Å². The Balaban J connectivity index is 2.51. The molecule has 1 aliphatic heterocycles. The molecule has 1 aliphatic rings. The Morgan fingerprint density at radius 2 is 0.943 bits per heavy atom. The van der Waals surface area contributed by atoms with Gasteiger partial charge in [0.2, 0.25) is 0 Å². The summed E-state index contributed by atoms with van der Waals surface area (Å²) < 4.78 is 26.0. The zero-order chi connectivity index (χ0) is 26.9. The van der Waals surface area contributed by atoms with Crippen LogP contribution in [0.4, 0.5) is 0 Å². The quantitative estimate of drug-likeness (QED) is 0.325. The largest absolute Gasteiger partial charge is 0.530 e. The molecular weight excluding hydrogens is 475 g/mol. The van der Waals surface area contributed by atoms with Crippen molar-refractivity contribution in [1.82, 2.24) is 0 Å². The third kappa shape index (κ3) is 5.78. The second-order valence-corrected chi connectivity index (χ2v) is 16.7. The number of benzene rings is 2. The summed E-state index contributed by atoms with van der Waals surface area (Å²) in [5, 5.41) is 0. The summed E-state index contributed by atoms with van der Waals surface area (Å²) in [6, 6.07) is 8.78. The molecule has 0 radical (unpaired) electrons. The van der Waals surface area contributed by atoms with Crippen LogP contribution in [0.25, 0.3) is 0 Å². The number of halogens is 1. The second kappa shape index (κ2) is 8.56. The summed E-state index contributed by atoms with van der Waals surface area (Å²) in [6.45, 7) is 24.4. The van der Waals surface area contributed by atoms with E-state index in [1.807, 2.05) is 0 Å². The van der Waals surface area contributed by atoms with E-state index in [0.717, 1.165) is 22.3 Å². The van der Waals surface area contributed by atoms with E-state index in [-0.39, 0.29) is 27.6 Å². The van der Waals surface area contributed by atoms with Crippen molar-refractivity contribution < 1.29 is 13.6 Å². The van der Waals surface area contributed by atoms with Crippen LogP contribution in [0.1, 0.15) is 129 Å². The molecule has 1 heterocycles. The fourth-order valence-electron chi connectivity index (χ4n) is 4.53. The first-order valence-electron chi connectivity index (χ1n) is 12.6. The molecule has 194 valence electrons. The van der Waals surface area contributed by atoms with Crippen LogP contribution in [0.15, 0.2) is 24.3 Å². The Kier molecular flexibility index (Phi) is 6.88. The maximum atomic E-state index is 13.7. The van der Waals surface area contributed by atoms with Gasteiger partial charge in [-0.15, -0.1) is 0 Å². The van der Waals surface area contributed by atoms with E-state index in [4.69, 9.17) is 20.3 Å². The lowest BCUT2D eigenvalue weighted by Gasteiger charge is -2.36. The summed E-state index contributed by atoms with van der Waals surface area (Å²) >= 11 is 6.57. The Morgan fingerprint density at radius 1 is 0.629 bits per heavy atom. The number of hydrogen-bond acceptors (Lipinski definition) is 3. The average molecular weight is 519 g/mol. The van der Waals surface area contributed by atoms with Gasteiger partial charge in [-0.05, 0) is 32.8 Å². The molecule has 0 atom stereocenters. The van der Waals surface area contributed by atoms with Crippen LogP contribution in [-0.4, -0.2) is 0 Å². The highest BCUT2D eigenvalue weighted by molar-refractivity contribution is 7.82. The van der Waals surface area contributed by atoms with Gasteiger partial charge in [-0.3, -0.25) is 0 Å². The summed E-state index contributed by atoms with van der Waals surface area (Å²) in [4.78, 5) is 0. The third-order valence-corrected chi connectivity index (χ3v) is 8.13. The van der Waals surface area contributed by atoms with Crippen molar-refractivity contribution in [3.63, 3.8) is 0 Å². The lowest BCUT2D eigenvalue weighted by Crippen LogP contribution is -2.23. The predicted molar refractivity (Wildman–Crippen MR) is 150 cm³/mol. The van der Waals surface area contributed by atoms with Crippen molar-refractivity contribution in [1.29, 1.82) is 0 Å². The molecule has 0 aromatic heterocycles. The van der Waals surface area contributed by atoms with Gasteiger partial charge in [-0.2, -0.15) is 0 Å². The Labute approximate surface area is 218 Å². The normalized spacial score (nSPS) is 21.3. The summed E-state index contributed by atoms with van der Waals surface area (Å²) in [5.74, 6) is 1.12. The molecule has 0 spiro atoms. The Morgan fingerprint density at radius 3 is 1.20 bits per heavy atom. The molecular formula is C30H44ClO3P. The molecule has 0 saturated carbocycles. The van der Waals surface area contributed by atoms with Crippen LogP contribution in [0.2, 0.25) is 0 Å². The van der Waals surface area contributed by atoms with Gasteiger partial charge in [0.05, 0.1) is 0 Å². The minimum absolute atomic E-state index is 0.0521. The number of fused-ring (bicyclic) bond motifs is 2. The fraction of sp³-hybridized carbons (Fsp3) is 0.600. The van der Waals surface area contributed by atoms with Crippen molar-refractivity contribution >= 4 is 18.2 Å². The van der Waals surface area contributed by atoms with E-state index in [1.165, 1.54) is 11.1 Å². The van der Waals surface area contributed by atoms with Crippen LogP contribution >= 0.6 is 18.2 Å². The van der Waals surface area contributed by atoms with Crippen molar-refractivity contribution in [3.05, 3.63) is 57.6 Å². The number of hydrogen-bond donors (Lipinski definition) is 0. The van der Waals surface area contributed by atoms with Gasteiger partial charge in [0.25, 0.3) is 0 Å². The monoisotopic (exact) mass is 518 g/mol. The minimum atomic E-state index is -3.98. The molecule has 3 nitrogen and oxygen atoms in total. The maximum absolute atomic E-state index is 13.7. The lowest BCUT2D eigenvalue weighted by atomic mass is 9.74. The van der Waals surface area contributed by atoms with Gasteiger partial charge >= 0.3 is 6.95 Å². The maximum Gasteiger partial charge on any atom is 0.530 e. The molecule has 2 aromatic carbocycles. The van der Waals surface area contributed by atoms with Crippen molar-refractivity contribution in [2.24, 2.45) is 0 Å². The van der Waals surface area contributed by atoms with Gasteiger partial charge in [-0.25, -0.2) is 4.57 Å². The SMILES string of the molecule is CC1c2cc(C(C)(C)C)cc(C(C)(C)C)c2OP(=O)(Cl)Oc2c1cc(C(C)(C)C)cc2C(C)(C)C. The van der Waals surface area contributed by atoms with Gasteiger partial charge in [0.15, 0.2) is 0 Å². The highest BCUT2D eigenvalue weighted by Crippen LogP contribution is 2.61. The van der Waals surface area contributed by atoms with Crippen LogP contribution in [0.3, 0.4) is 0 Å². The Hall–Kier alpha value is -1.44. The fourth-order valence-corrected chi connectivity index (χ4v) is 5.83. The first-order chi connectivity index (χ1) is 15.5. The molecule has 0 bridgehead atoms. The zero-order valence-corrected chi connectivity index (χ0v) is 25.6. The highest BCUT2D eigenvalue weighted by atomic mass is 35.7. The van der Waals surface area contributed by atoms with Crippen molar-refractivity contribution in [2.45, 2.75) is 118 Å². The molecule has 0 aliphatic carbocycles. The van der Waals surface area contributed by atoms with Crippen molar-refractivity contribution in [2.75, 3.05) is 0 Å². The number of rotatable bonds is 0. The predicted octanol–water partition coefficient (Wildman–Crippen LogP) is 10.1. The standard InChI is InChI=1S/C30H44ClO3P/c1-18-21-14-19(27(2,3)4)16-23(29(8,9)10)25(21)33-35(31,32)34-26-22(18)15-20(28(5,6)7)17-24(26)30(11,12)13/h14-18H,1-13H3.